The highest BCUT2D eigenvalue weighted by molar-refractivity contribution is 7.09. The summed E-state index contributed by atoms with van der Waals surface area (Å²) < 4.78 is 0. The highest BCUT2D eigenvalue weighted by Gasteiger charge is 2.07. The molecule has 0 aliphatic rings. The summed E-state index contributed by atoms with van der Waals surface area (Å²) in [6, 6.07) is 10.7. The summed E-state index contributed by atoms with van der Waals surface area (Å²) in [5.74, 6) is -0.106. The third-order valence-electron chi connectivity index (χ3n) is 3.24. The van der Waals surface area contributed by atoms with Crippen molar-refractivity contribution in [1.82, 2.24) is 15.3 Å². The van der Waals surface area contributed by atoms with Gasteiger partial charge in [-0.05, 0) is 36.4 Å². The SMILES string of the molecule is O=C(NCCc1nc(-c2cccnc2)cs1)c1ccc(Cl)cc1. The monoisotopic (exact) mass is 343 g/mol. The molecular formula is C17H14ClN3OS. The van der Waals surface area contributed by atoms with E-state index in [1.807, 2.05) is 17.5 Å². The van der Waals surface area contributed by atoms with Crippen molar-refractivity contribution in [2.45, 2.75) is 6.42 Å². The molecule has 0 aliphatic carbocycles. The van der Waals surface area contributed by atoms with Crippen LogP contribution in [0.5, 0.6) is 0 Å². The largest absolute Gasteiger partial charge is 0.352 e. The van der Waals surface area contributed by atoms with Gasteiger partial charge >= 0.3 is 0 Å². The van der Waals surface area contributed by atoms with Crippen LogP contribution >= 0.6 is 22.9 Å². The summed E-state index contributed by atoms with van der Waals surface area (Å²) in [6.45, 7) is 0.543. The van der Waals surface area contributed by atoms with E-state index in [0.29, 0.717) is 23.6 Å². The van der Waals surface area contributed by atoms with Crippen LogP contribution in [0.15, 0.2) is 54.2 Å². The molecule has 23 heavy (non-hydrogen) atoms. The van der Waals surface area contributed by atoms with E-state index in [2.05, 4.69) is 15.3 Å². The van der Waals surface area contributed by atoms with Gasteiger partial charge in [-0.15, -0.1) is 11.3 Å². The summed E-state index contributed by atoms with van der Waals surface area (Å²) in [5.41, 5.74) is 2.52. The number of amides is 1. The van der Waals surface area contributed by atoms with E-state index in [1.54, 1.807) is 48.0 Å². The zero-order valence-electron chi connectivity index (χ0n) is 12.2. The highest BCUT2D eigenvalue weighted by Crippen LogP contribution is 2.20. The van der Waals surface area contributed by atoms with Gasteiger partial charge in [-0.25, -0.2) is 4.98 Å². The predicted molar refractivity (Wildman–Crippen MR) is 92.8 cm³/mol. The molecule has 2 heterocycles. The summed E-state index contributed by atoms with van der Waals surface area (Å²) in [7, 11) is 0. The molecule has 1 aromatic carbocycles. The Bertz CT molecular complexity index is 787. The Morgan fingerprint density at radius 3 is 2.78 bits per heavy atom. The Morgan fingerprint density at radius 1 is 1.22 bits per heavy atom. The average Bonchev–Trinajstić information content (AvgIpc) is 3.05. The lowest BCUT2D eigenvalue weighted by molar-refractivity contribution is 0.0954. The fraction of sp³-hybridized carbons (Fsp3) is 0.118. The maximum Gasteiger partial charge on any atom is 0.251 e. The van der Waals surface area contributed by atoms with Crippen LogP contribution in [-0.2, 0) is 6.42 Å². The zero-order valence-corrected chi connectivity index (χ0v) is 13.8. The van der Waals surface area contributed by atoms with Gasteiger partial charge in [-0.2, -0.15) is 0 Å². The topological polar surface area (TPSA) is 54.9 Å². The number of carbonyl (C=O) groups is 1. The lowest BCUT2D eigenvalue weighted by Gasteiger charge is -2.04. The van der Waals surface area contributed by atoms with Gasteiger partial charge in [-0.3, -0.25) is 9.78 Å². The van der Waals surface area contributed by atoms with Gasteiger partial charge in [0, 0.05) is 46.9 Å². The zero-order chi connectivity index (χ0) is 16.1. The first-order valence-corrected chi connectivity index (χ1v) is 8.37. The van der Waals surface area contributed by atoms with Gasteiger partial charge in [0.2, 0.25) is 0 Å². The van der Waals surface area contributed by atoms with Crippen LogP contribution in [0.25, 0.3) is 11.3 Å². The standard InChI is InChI=1S/C17H14ClN3OS/c18-14-5-3-12(4-6-14)17(22)20-9-7-16-21-15(11-23-16)13-2-1-8-19-10-13/h1-6,8,10-11H,7,9H2,(H,20,22). The molecule has 0 saturated carbocycles. The number of thiazole rings is 1. The quantitative estimate of drug-likeness (QED) is 0.766. The Hall–Kier alpha value is -2.24. The smallest absolute Gasteiger partial charge is 0.251 e. The molecule has 0 aliphatic heterocycles. The third kappa shape index (κ3) is 4.15. The lowest BCUT2D eigenvalue weighted by Crippen LogP contribution is -2.25. The van der Waals surface area contributed by atoms with Crippen molar-refractivity contribution in [1.29, 1.82) is 0 Å². The van der Waals surface area contributed by atoms with Gasteiger partial charge in [0.15, 0.2) is 0 Å². The van der Waals surface area contributed by atoms with Crippen LogP contribution in [0.4, 0.5) is 0 Å². The predicted octanol–water partition coefficient (Wildman–Crippen LogP) is 3.83. The van der Waals surface area contributed by atoms with Crippen LogP contribution in [0.3, 0.4) is 0 Å². The van der Waals surface area contributed by atoms with Crippen LogP contribution in [0.1, 0.15) is 15.4 Å². The van der Waals surface area contributed by atoms with E-state index in [9.17, 15) is 4.79 Å². The summed E-state index contributed by atoms with van der Waals surface area (Å²) in [4.78, 5) is 20.7. The number of hydrogen-bond acceptors (Lipinski definition) is 4. The number of carbonyl (C=O) groups excluding carboxylic acids is 1. The molecule has 6 heteroatoms. The molecule has 3 aromatic rings. The van der Waals surface area contributed by atoms with Gasteiger partial charge < -0.3 is 5.32 Å². The molecule has 0 bridgehead atoms. The summed E-state index contributed by atoms with van der Waals surface area (Å²) in [5, 5.41) is 6.50. The first-order valence-electron chi connectivity index (χ1n) is 7.11. The summed E-state index contributed by atoms with van der Waals surface area (Å²) >= 11 is 7.40. The Morgan fingerprint density at radius 2 is 2.04 bits per heavy atom. The second kappa shape index (κ2) is 7.35. The minimum atomic E-state index is -0.106. The third-order valence-corrected chi connectivity index (χ3v) is 4.40. The molecule has 0 saturated heterocycles. The van der Waals surface area contributed by atoms with Crippen LogP contribution < -0.4 is 5.32 Å². The van der Waals surface area contributed by atoms with Crippen molar-refractivity contribution in [3.63, 3.8) is 0 Å². The van der Waals surface area contributed by atoms with Gasteiger partial charge in [-0.1, -0.05) is 11.6 Å². The van der Waals surface area contributed by atoms with Crippen molar-refractivity contribution in [3.8, 4) is 11.3 Å². The molecule has 2 aromatic heterocycles. The fourth-order valence-electron chi connectivity index (χ4n) is 2.06. The van der Waals surface area contributed by atoms with E-state index in [-0.39, 0.29) is 5.91 Å². The number of benzene rings is 1. The normalized spacial score (nSPS) is 10.5. The maximum atomic E-state index is 12.0. The molecule has 1 amide bonds. The van der Waals surface area contributed by atoms with Gasteiger partial charge in [0.25, 0.3) is 5.91 Å². The van der Waals surface area contributed by atoms with E-state index < -0.39 is 0 Å². The molecule has 0 radical (unpaired) electrons. The second-order valence-electron chi connectivity index (χ2n) is 4.88. The highest BCUT2D eigenvalue weighted by atomic mass is 35.5. The molecule has 116 valence electrons. The number of nitrogens with one attached hydrogen (secondary N) is 1. The Labute approximate surface area is 143 Å². The number of pyridine rings is 1. The molecule has 3 rings (SSSR count). The molecule has 0 unspecified atom stereocenters. The van der Waals surface area contributed by atoms with E-state index in [0.717, 1.165) is 16.3 Å². The van der Waals surface area contributed by atoms with Crippen LogP contribution in [-0.4, -0.2) is 22.4 Å². The number of hydrogen-bond donors (Lipinski definition) is 1. The fourth-order valence-corrected chi connectivity index (χ4v) is 2.99. The number of aromatic nitrogens is 2. The van der Waals surface area contributed by atoms with Gasteiger partial charge in [0.1, 0.15) is 0 Å². The van der Waals surface area contributed by atoms with Crippen molar-refractivity contribution in [2.75, 3.05) is 6.54 Å². The number of halogens is 1. The van der Waals surface area contributed by atoms with Crippen molar-refractivity contribution < 1.29 is 4.79 Å². The van der Waals surface area contributed by atoms with E-state index in [1.165, 1.54) is 0 Å². The van der Waals surface area contributed by atoms with Crippen LogP contribution in [0, 0.1) is 0 Å². The lowest BCUT2D eigenvalue weighted by atomic mass is 10.2. The van der Waals surface area contributed by atoms with Crippen molar-refractivity contribution >= 4 is 28.8 Å². The van der Waals surface area contributed by atoms with Crippen LogP contribution in [0.2, 0.25) is 5.02 Å². The van der Waals surface area contributed by atoms with E-state index >= 15 is 0 Å². The molecule has 4 nitrogen and oxygen atoms in total. The van der Waals surface area contributed by atoms with Crippen molar-refractivity contribution in [3.05, 3.63) is 69.8 Å². The second-order valence-corrected chi connectivity index (χ2v) is 6.26. The molecule has 0 spiro atoms. The van der Waals surface area contributed by atoms with Gasteiger partial charge in [0.05, 0.1) is 10.7 Å². The maximum absolute atomic E-state index is 12.0. The minimum absolute atomic E-state index is 0.106. The molecule has 0 fully saturated rings. The summed E-state index contributed by atoms with van der Waals surface area (Å²) in [6.07, 6.45) is 4.23. The molecule has 0 atom stereocenters. The van der Waals surface area contributed by atoms with E-state index in [4.69, 9.17) is 11.6 Å². The Kier molecular flexibility index (Phi) is 5.00. The number of nitrogens with zero attached hydrogens (tertiary/aromatic N) is 2. The Balaban J connectivity index is 1.54. The average molecular weight is 344 g/mol. The van der Waals surface area contributed by atoms with Crippen molar-refractivity contribution in [2.24, 2.45) is 0 Å². The first kappa shape index (κ1) is 15.6. The molecular weight excluding hydrogens is 330 g/mol. The number of rotatable bonds is 5. The molecule has 1 N–H and O–H groups in total. The first-order chi connectivity index (χ1) is 11.2. The minimum Gasteiger partial charge on any atom is -0.352 e.